The van der Waals surface area contributed by atoms with Crippen molar-refractivity contribution < 1.29 is 4.74 Å². The number of ether oxygens (including phenoxy) is 1. The standard InChI is InChI=1S/C13H22OSi/c1-11(10-15(3,4)5)12-8-6-7-9-13(12)14-2/h6-9,11H,10H2,1-5H3. The predicted molar refractivity (Wildman–Crippen MR) is 69.6 cm³/mol. The third kappa shape index (κ3) is 3.71. The Morgan fingerprint density at radius 3 is 2.33 bits per heavy atom. The van der Waals surface area contributed by atoms with Crippen LogP contribution in [0.25, 0.3) is 0 Å². The van der Waals surface area contributed by atoms with E-state index in [1.807, 2.05) is 6.07 Å². The van der Waals surface area contributed by atoms with E-state index in [2.05, 4.69) is 44.8 Å². The first-order valence-electron chi connectivity index (χ1n) is 5.57. The molecule has 0 heterocycles. The molecule has 0 amide bonds. The number of hydrogen-bond donors (Lipinski definition) is 0. The second kappa shape index (κ2) is 4.84. The van der Waals surface area contributed by atoms with Crippen molar-refractivity contribution in [3.05, 3.63) is 29.8 Å². The third-order valence-corrected chi connectivity index (χ3v) is 4.43. The van der Waals surface area contributed by atoms with Crippen molar-refractivity contribution in [3.8, 4) is 5.75 Å². The summed E-state index contributed by atoms with van der Waals surface area (Å²) in [5.41, 5.74) is 1.35. The summed E-state index contributed by atoms with van der Waals surface area (Å²) in [7, 11) is 0.756. The molecule has 1 aromatic rings. The smallest absolute Gasteiger partial charge is 0.122 e. The molecule has 84 valence electrons. The lowest BCUT2D eigenvalue weighted by Crippen LogP contribution is -2.22. The second-order valence-electron chi connectivity index (χ2n) is 5.41. The predicted octanol–water partition coefficient (Wildman–Crippen LogP) is 4.14. The topological polar surface area (TPSA) is 9.23 Å². The minimum Gasteiger partial charge on any atom is -0.496 e. The molecule has 0 spiro atoms. The van der Waals surface area contributed by atoms with Crippen LogP contribution in [0.15, 0.2) is 24.3 Å². The molecule has 2 heteroatoms. The molecule has 1 rings (SSSR count). The summed E-state index contributed by atoms with van der Waals surface area (Å²) >= 11 is 0. The number of benzene rings is 1. The van der Waals surface area contributed by atoms with Gasteiger partial charge in [-0.05, 0) is 17.5 Å². The van der Waals surface area contributed by atoms with Crippen molar-refractivity contribution in [1.29, 1.82) is 0 Å². The van der Waals surface area contributed by atoms with Crippen LogP contribution < -0.4 is 4.74 Å². The minimum atomic E-state index is -0.994. The molecule has 1 aromatic carbocycles. The van der Waals surface area contributed by atoms with Gasteiger partial charge in [0, 0.05) is 8.07 Å². The van der Waals surface area contributed by atoms with E-state index in [0.29, 0.717) is 5.92 Å². The summed E-state index contributed by atoms with van der Waals surface area (Å²) in [5.74, 6) is 1.64. The SMILES string of the molecule is COc1ccccc1C(C)C[Si](C)(C)C. The van der Waals surface area contributed by atoms with Gasteiger partial charge in [-0.3, -0.25) is 0 Å². The quantitative estimate of drug-likeness (QED) is 0.696. The molecular weight excluding hydrogens is 200 g/mol. The summed E-state index contributed by atoms with van der Waals surface area (Å²) in [6.45, 7) is 9.55. The van der Waals surface area contributed by atoms with E-state index >= 15 is 0 Å². The zero-order valence-corrected chi connectivity index (χ0v) is 11.5. The highest BCUT2D eigenvalue weighted by molar-refractivity contribution is 6.76. The van der Waals surface area contributed by atoms with Gasteiger partial charge in [0.25, 0.3) is 0 Å². The summed E-state index contributed by atoms with van der Waals surface area (Å²) in [6, 6.07) is 9.68. The van der Waals surface area contributed by atoms with Crippen molar-refractivity contribution in [2.45, 2.75) is 38.5 Å². The first-order valence-corrected chi connectivity index (χ1v) is 9.27. The molecule has 0 bridgehead atoms. The average Bonchev–Trinajstić information content (AvgIpc) is 2.15. The first kappa shape index (κ1) is 12.3. The van der Waals surface area contributed by atoms with Crippen LogP contribution in [0.5, 0.6) is 5.75 Å². The molecule has 0 fully saturated rings. The number of rotatable bonds is 4. The normalized spacial score (nSPS) is 13.7. The molecule has 0 N–H and O–H groups in total. The van der Waals surface area contributed by atoms with Crippen molar-refractivity contribution in [3.63, 3.8) is 0 Å². The van der Waals surface area contributed by atoms with Crippen molar-refractivity contribution in [2.24, 2.45) is 0 Å². The third-order valence-electron chi connectivity index (χ3n) is 2.59. The van der Waals surface area contributed by atoms with E-state index in [4.69, 9.17) is 4.74 Å². The first-order chi connectivity index (χ1) is 6.94. The van der Waals surface area contributed by atoms with E-state index in [1.54, 1.807) is 7.11 Å². The van der Waals surface area contributed by atoms with E-state index in [0.717, 1.165) is 5.75 Å². The zero-order valence-electron chi connectivity index (χ0n) is 10.5. The van der Waals surface area contributed by atoms with Crippen LogP contribution in [0.3, 0.4) is 0 Å². The largest absolute Gasteiger partial charge is 0.496 e. The molecule has 1 unspecified atom stereocenters. The van der Waals surface area contributed by atoms with Crippen LogP contribution in [0.1, 0.15) is 18.4 Å². The number of para-hydroxylation sites is 1. The Morgan fingerprint density at radius 1 is 1.20 bits per heavy atom. The summed E-state index contributed by atoms with van der Waals surface area (Å²) in [5, 5.41) is 0. The van der Waals surface area contributed by atoms with E-state index in [9.17, 15) is 0 Å². The highest BCUT2D eigenvalue weighted by Crippen LogP contribution is 2.32. The number of hydrogen-bond acceptors (Lipinski definition) is 1. The van der Waals surface area contributed by atoms with E-state index in [-0.39, 0.29) is 0 Å². The average molecular weight is 222 g/mol. The van der Waals surface area contributed by atoms with Crippen LogP contribution in [0.2, 0.25) is 25.7 Å². The molecule has 15 heavy (non-hydrogen) atoms. The summed E-state index contributed by atoms with van der Waals surface area (Å²) in [4.78, 5) is 0. The second-order valence-corrected chi connectivity index (χ2v) is 10.9. The van der Waals surface area contributed by atoms with Gasteiger partial charge >= 0.3 is 0 Å². The van der Waals surface area contributed by atoms with E-state index in [1.165, 1.54) is 11.6 Å². The van der Waals surface area contributed by atoms with Crippen LogP contribution in [-0.2, 0) is 0 Å². The van der Waals surface area contributed by atoms with Crippen molar-refractivity contribution in [2.75, 3.05) is 7.11 Å². The lowest BCUT2D eigenvalue weighted by atomic mass is 10.0. The van der Waals surface area contributed by atoms with Gasteiger partial charge in [0.1, 0.15) is 5.75 Å². The van der Waals surface area contributed by atoms with Gasteiger partial charge in [0.05, 0.1) is 7.11 Å². The van der Waals surface area contributed by atoms with Gasteiger partial charge in [-0.2, -0.15) is 0 Å². The fraction of sp³-hybridized carbons (Fsp3) is 0.538. The molecule has 0 aromatic heterocycles. The minimum absolute atomic E-state index is 0.604. The monoisotopic (exact) mass is 222 g/mol. The molecular formula is C13H22OSi. The Morgan fingerprint density at radius 2 is 1.80 bits per heavy atom. The van der Waals surface area contributed by atoms with Crippen LogP contribution in [-0.4, -0.2) is 15.2 Å². The lowest BCUT2D eigenvalue weighted by Gasteiger charge is -2.23. The Kier molecular flexibility index (Phi) is 3.97. The number of methoxy groups -OCH3 is 1. The zero-order chi connectivity index (χ0) is 11.5. The molecule has 0 aliphatic carbocycles. The molecule has 1 nitrogen and oxygen atoms in total. The Hall–Kier alpha value is -0.763. The van der Waals surface area contributed by atoms with Gasteiger partial charge in [-0.15, -0.1) is 0 Å². The Labute approximate surface area is 94.5 Å². The lowest BCUT2D eigenvalue weighted by molar-refractivity contribution is 0.407. The van der Waals surface area contributed by atoms with Gasteiger partial charge in [-0.25, -0.2) is 0 Å². The maximum Gasteiger partial charge on any atom is 0.122 e. The molecule has 1 atom stereocenters. The van der Waals surface area contributed by atoms with Gasteiger partial charge < -0.3 is 4.74 Å². The Balaban J connectivity index is 2.86. The van der Waals surface area contributed by atoms with Crippen LogP contribution in [0.4, 0.5) is 0 Å². The van der Waals surface area contributed by atoms with E-state index < -0.39 is 8.07 Å². The molecule has 0 aliphatic rings. The molecule has 0 radical (unpaired) electrons. The van der Waals surface area contributed by atoms with Crippen molar-refractivity contribution in [1.82, 2.24) is 0 Å². The summed E-state index contributed by atoms with van der Waals surface area (Å²) in [6.07, 6.45) is 0. The van der Waals surface area contributed by atoms with Crippen LogP contribution in [0, 0.1) is 0 Å². The molecule has 0 saturated carbocycles. The maximum atomic E-state index is 5.40. The summed E-state index contributed by atoms with van der Waals surface area (Å²) < 4.78 is 5.40. The van der Waals surface area contributed by atoms with Crippen LogP contribution >= 0.6 is 0 Å². The maximum absolute atomic E-state index is 5.40. The Bertz CT molecular complexity index is 315. The van der Waals surface area contributed by atoms with Crippen molar-refractivity contribution >= 4 is 8.07 Å². The fourth-order valence-corrected chi connectivity index (χ4v) is 4.16. The molecule has 0 saturated heterocycles. The highest BCUT2D eigenvalue weighted by Gasteiger charge is 2.20. The van der Waals surface area contributed by atoms with Gasteiger partial charge in [0.15, 0.2) is 0 Å². The highest BCUT2D eigenvalue weighted by atomic mass is 28.3. The van der Waals surface area contributed by atoms with Gasteiger partial charge in [0.2, 0.25) is 0 Å². The molecule has 0 aliphatic heterocycles. The fourth-order valence-electron chi connectivity index (χ4n) is 2.10. The van der Waals surface area contributed by atoms with Gasteiger partial charge in [-0.1, -0.05) is 50.8 Å².